The van der Waals surface area contributed by atoms with E-state index >= 15 is 0 Å². The molecule has 2 aromatic carbocycles. The molecule has 1 aliphatic carbocycles. The molecular formula is C25H28N4O5. The molecule has 34 heavy (non-hydrogen) atoms. The molecule has 2 aliphatic rings. The molecule has 0 spiro atoms. The van der Waals surface area contributed by atoms with Crippen molar-refractivity contribution in [1.82, 2.24) is 5.32 Å². The molecule has 0 aromatic heterocycles. The van der Waals surface area contributed by atoms with E-state index in [1.54, 1.807) is 49.4 Å². The van der Waals surface area contributed by atoms with Crippen molar-refractivity contribution >= 4 is 34.7 Å². The van der Waals surface area contributed by atoms with E-state index in [1.165, 1.54) is 6.92 Å². The van der Waals surface area contributed by atoms with Gasteiger partial charge in [-0.1, -0.05) is 30.3 Å². The topological polar surface area (TPSA) is 154 Å². The summed E-state index contributed by atoms with van der Waals surface area (Å²) < 4.78 is 0. The minimum Gasteiger partial charge on any atom is -0.388 e. The summed E-state index contributed by atoms with van der Waals surface area (Å²) in [5.74, 6) is -1.66. The lowest BCUT2D eigenvalue weighted by molar-refractivity contribution is -0.126. The zero-order valence-corrected chi connectivity index (χ0v) is 18.9. The van der Waals surface area contributed by atoms with Gasteiger partial charge in [0.05, 0.1) is 18.2 Å². The number of anilines is 2. The van der Waals surface area contributed by atoms with Crippen molar-refractivity contribution in [2.24, 2.45) is 11.7 Å². The number of nitrogens with one attached hydrogen (secondary N) is 3. The molecule has 178 valence electrons. The lowest BCUT2D eigenvalue weighted by Crippen LogP contribution is -2.47. The van der Waals surface area contributed by atoms with Gasteiger partial charge in [0.15, 0.2) is 0 Å². The second kappa shape index (κ2) is 9.38. The van der Waals surface area contributed by atoms with Crippen LogP contribution in [0.2, 0.25) is 0 Å². The number of carbonyl (C=O) groups is 3. The number of nitrogens with two attached hydrogens (primary N) is 1. The second-order valence-electron chi connectivity index (χ2n) is 8.79. The largest absolute Gasteiger partial charge is 0.388 e. The van der Waals surface area contributed by atoms with Gasteiger partial charge in [-0.3, -0.25) is 14.4 Å². The predicted molar refractivity (Wildman–Crippen MR) is 127 cm³/mol. The molecule has 0 saturated carbocycles. The fourth-order valence-corrected chi connectivity index (χ4v) is 4.29. The van der Waals surface area contributed by atoms with Crippen LogP contribution < -0.4 is 21.7 Å². The van der Waals surface area contributed by atoms with Crippen molar-refractivity contribution in [3.05, 3.63) is 65.2 Å². The van der Waals surface area contributed by atoms with Crippen molar-refractivity contribution in [1.29, 1.82) is 0 Å². The zero-order valence-electron chi connectivity index (χ0n) is 18.9. The third-order valence-electron chi connectivity index (χ3n) is 6.19. The molecule has 4 rings (SSSR count). The highest BCUT2D eigenvalue weighted by Gasteiger charge is 2.34. The van der Waals surface area contributed by atoms with E-state index in [9.17, 15) is 24.6 Å². The van der Waals surface area contributed by atoms with E-state index in [1.807, 2.05) is 6.07 Å². The van der Waals surface area contributed by atoms with E-state index in [2.05, 4.69) is 16.0 Å². The fraction of sp³-hybridized carbons (Fsp3) is 0.320. The summed E-state index contributed by atoms with van der Waals surface area (Å²) in [6.45, 7) is 3.08. The molecule has 3 unspecified atom stereocenters. The van der Waals surface area contributed by atoms with Gasteiger partial charge in [0.1, 0.15) is 6.04 Å². The van der Waals surface area contributed by atoms with Crippen LogP contribution in [-0.4, -0.2) is 40.0 Å². The first-order valence-electron chi connectivity index (χ1n) is 11.1. The molecule has 1 aliphatic heterocycles. The van der Waals surface area contributed by atoms with Crippen molar-refractivity contribution in [3.63, 3.8) is 0 Å². The van der Waals surface area contributed by atoms with Crippen molar-refractivity contribution < 1.29 is 24.6 Å². The summed E-state index contributed by atoms with van der Waals surface area (Å²) in [4.78, 5) is 37.0. The molecule has 1 heterocycles. The van der Waals surface area contributed by atoms with E-state index < -0.39 is 42.0 Å². The normalized spacial score (nSPS) is 24.0. The van der Waals surface area contributed by atoms with Crippen molar-refractivity contribution in [2.75, 3.05) is 10.6 Å². The van der Waals surface area contributed by atoms with Gasteiger partial charge in [-0.2, -0.15) is 0 Å². The Bertz CT molecular complexity index is 1180. The van der Waals surface area contributed by atoms with Crippen LogP contribution in [0.15, 0.2) is 48.5 Å². The summed E-state index contributed by atoms with van der Waals surface area (Å²) in [6.07, 6.45) is 0.352. The van der Waals surface area contributed by atoms with Gasteiger partial charge in [0.25, 0.3) is 5.91 Å². The number of aliphatic hydroxyl groups is 2. The van der Waals surface area contributed by atoms with Gasteiger partial charge in [-0.25, -0.2) is 0 Å². The smallest absolute Gasteiger partial charge is 0.256 e. The van der Waals surface area contributed by atoms with Crippen molar-refractivity contribution in [3.8, 4) is 0 Å². The monoisotopic (exact) mass is 464 g/mol. The Hall–Kier alpha value is -3.53. The lowest BCUT2D eigenvalue weighted by atomic mass is 9.78. The highest BCUT2D eigenvalue weighted by molar-refractivity contribution is 6.31. The summed E-state index contributed by atoms with van der Waals surface area (Å²) in [7, 11) is 0. The predicted octanol–water partition coefficient (Wildman–Crippen LogP) is 1.60. The van der Waals surface area contributed by atoms with Crippen LogP contribution in [0.3, 0.4) is 0 Å². The van der Waals surface area contributed by atoms with E-state index in [0.29, 0.717) is 33.6 Å². The van der Waals surface area contributed by atoms with Crippen LogP contribution in [0.5, 0.6) is 0 Å². The lowest BCUT2D eigenvalue weighted by Gasteiger charge is -2.31. The molecule has 0 radical (unpaired) electrons. The molecule has 0 fully saturated rings. The number of carbonyl (C=O) groups excluding carboxylic acids is 3. The van der Waals surface area contributed by atoms with Gasteiger partial charge in [-0.05, 0) is 49.6 Å². The number of fused-ring (bicyclic) bond motifs is 2. The van der Waals surface area contributed by atoms with Gasteiger partial charge in [0, 0.05) is 28.4 Å². The maximum atomic E-state index is 12.7. The van der Waals surface area contributed by atoms with Gasteiger partial charge >= 0.3 is 0 Å². The van der Waals surface area contributed by atoms with Gasteiger partial charge in [0.2, 0.25) is 11.8 Å². The van der Waals surface area contributed by atoms with Crippen LogP contribution in [0.1, 0.15) is 49.2 Å². The quantitative estimate of drug-likeness (QED) is 0.370. The zero-order chi connectivity index (χ0) is 24.6. The molecule has 9 heteroatoms. The molecule has 7 N–H and O–H groups in total. The standard InChI is InChI=1S/C25H28N4O5/c1-12(26)23(32)27-13(2)24(33)28-15-7-8-20-18(11-15)19(25(34)29-20)9-14-10-21(30)16-5-3-4-6-17(16)22(14)31/h3-9,11-14,21-22,30-31H,10,26H2,1-2H3,(H,27,32)(H,28,33)(H,29,34)/b19-9+/t12-,13-,14?,21?,22?/m0/s1. The molecule has 0 bridgehead atoms. The SMILES string of the molecule is C[C@H](N)C(=O)N[C@@H](C)C(=O)Nc1ccc2c(c1)/C(=C\C1CC(O)c3ccccc3C1O)C(=O)N2. The molecule has 3 amide bonds. The Labute approximate surface area is 197 Å². The van der Waals surface area contributed by atoms with E-state index in [0.717, 1.165) is 0 Å². The minimum absolute atomic E-state index is 0.275. The van der Waals surface area contributed by atoms with Crippen LogP contribution in [0.25, 0.3) is 5.57 Å². The fourth-order valence-electron chi connectivity index (χ4n) is 4.29. The number of aliphatic hydroxyl groups excluding tert-OH is 2. The number of hydrogen-bond donors (Lipinski definition) is 6. The second-order valence-corrected chi connectivity index (χ2v) is 8.79. The Morgan fingerprint density at radius 1 is 1.12 bits per heavy atom. The van der Waals surface area contributed by atoms with E-state index in [4.69, 9.17) is 5.73 Å². The number of benzene rings is 2. The van der Waals surface area contributed by atoms with Crippen LogP contribution >= 0.6 is 0 Å². The number of rotatable bonds is 5. The first-order valence-corrected chi connectivity index (χ1v) is 11.1. The maximum absolute atomic E-state index is 12.7. The maximum Gasteiger partial charge on any atom is 0.256 e. The Morgan fingerprint density at radius 2 is 1.82 bits per heavy atom. The molecule has 5 atom stereocenters. The average Bonchev–Trinajstić information content (AvgIpc) is 3.11. The third kappa shape index (κ3) is 4.58. The molecule has 9 nitrogen and oxygen atoms in total. The highest BCUT2D eigenvalue weighted by Crippen LogP contribution is 2.43. The molecular weight excluding hydrogens is 436 g/mol. The van der Waals surface area contributed by atoms with Crippen LogP contribution in [0.4, 0.5) is 11.4 Å². The first kappa shape index (κ1) is 23.6. The summed E-state index contributed by atoms with van der Waals surface area (Å²) >= 11 is 0. The van der Waals surface area contributed by atoms with E-state index in [-0.39, 0.29) is 12.3 Å². The third-order valence-corrected chi connectivity index (χ3v) is 6.19. The minimum atomic E-state index is -0.860. The molecule has 0 saturated heterocycles. The Morgan fingerprint density at radius 3 is 2.53 bits per heavy atom. The molecule has 2 aromatic rings. The van der Waals surface area contributed by atoms with Crippen LogP contribution in [-0.2, 0) is 14.4 Å². The Balaban J connectivity index is 1.56. The summed E-state index contributed by atoms with van der Waals surface area (Å²) in [5, 5.41) is 29.5. The van der Waals surface area contributed by atoms with Gasteiger partial charge < -0.3 is 31.9 Å². The summed E-state index contributed by atoms with van der Waals surface area (Å²) in [5.41, 5.74) is 8.83. The van der Waals surface area contributed by atoms with Gasteiger partial charge in [-0.15, -0.1) is 0 Å². The Kier molecular flexibility index (Phi) is 6.52. The van der Waals surface area contributed by atoms with Crippen molar-refractivity contribution in [2.45, 2.75) is 44.6 Å². The van der Waals surface area contributed by atoms with Crippen LogP contribution in [0, 0.1) is 5.92 Å². The first-order chi connectivity index (χ1) is 16.2. The number of hydrogen-bond acceptors (Lipinski definition) is 6. The highest BCUT2D eigenvalue weighted by atomic mass is 16.3. The number of amides is 3. The average molecular weight is 465 g/mol. The summed E-state index contributed by atoms with van der Waals surface area (Å²) in [6, 6.07) is 10.6.